The minimum atomic E-state index is -0.669. The maximum absolute atomic E-state index is 11.4. The molecule has 0 fully saturated rings. The molecule has 0 saturated heterocycles. The van der Waals surface area contributed by atoms with Gasteiger partial charge in [-0.1, -0.05) is 18.7 Å². The van der Waals surface area contributed by atoms with E-state index in [1.165, 1.54) is 12.1 Å². The molecule has 0 aliphatic carbocycles. The summed E-state index contributed by atoms with van der Waals surface area (Å²) in [5, 5.41) is 9.36. The first kappa shape index (κ1) is 16.3. The average molecular weight is 302 g/mol. The molecule has 0 radical (unpaired) electrons. The van der Waals surface area contributed by atoms with Crippen LogP contribution in [-0.2, 0) is 33.7 Å². The van der Waals surface area contributed by atoms with Crippen LogP contribution < -0.4 is 0 Å². The van der Waals surface area contributed by atoms with Crippen LogP contribution >= 0.6 is 0 Å². The van der Waals surface area contributed by atoms with Gasteiger partial charge in [-0.2, -0.15) is 0 Å². The third kappa shape index (κ3) is 5.10. The molecular formula is C12H12O5Zn. The quantitative estimate of drug-likeness (QED) is 0.384. The Kier molecular flexibility index (Phi) is 7.64. The van der Waals surface area contributed by atoms with Gasteiger partial charge in [0.25, 0.3) is 0 Å². The van der Waals surface area contributed by atoms with Gasteiger partial charge in [0.15, 0.2) is 0 Å². The summed E-state index contributed by atoms with van der Waals surface area (Å²) in [4.78, 5) is 22.1. The molecule has 0 aliphatic rings. The van der Waals surface area contributed by atoms with Crippen molar-refractivity contribution in [3.63, 3.8) is 0 Å². The van der Waals surface area contributed by atoms with E-state index >= 15 is 0 Å². The van der Waals surface area contributed by atoms with Crippen LogP contribution in [0.2, 0.25) is 0 Å². The molecule has 0 unspecified atom stereocenters. The zero-order chi connectivity index (χ0) is 12.7. The standard InChI is InChI=1S/C12H12O5.Zn/c1-2-11(14)16-7-8-17-12(15)9-5-3-4-6-10(9)13;/h2-6,13H,1,7-8H2;. The predicted octanol–water partition coefficient (Wildman–Crippen LogP) is 1.28. The minimum absolute atomic E-state index is 0. The van der Waals surface area contributed by atoms with Gasteiger partial charge in [0.2, 0.25) is 0 Å². The largest absolute Gasteiger partial charge is 0.507 e. The summed E-state index contributed by atoms with van der Waals surface area (Å²) in [5.74, 6) is -1.40. The fourth-order valence-electron chi connectivity index (χ4n) is 1.06. The van der Waals surface area contributed by atoms with Gasteiger partial charge in [0.05, 0.1) is 0 Å². The van der Waals surface area contributed by atoms with Crippen LogP contribution in [0.1, 0.15) is 10.4 Å². The summed E-state index contributed by atoms with van der Waals surface area (Å²) in [6.45, 7) is 3.09. The van der Waals surface area contributed by atoms with Gasteiger partial charge < -0.3 is 14.6 Å². The van der Waals surface area contributed by atoms with E-state index in [-0.39, 0.29) is 44.0 Å². The van der Waals surface area contributed by atoms with Crippen LogP contribution in [-0.4, -0.2) is 30.3 Å². The van der Waals surface area contributed by atoms with Crippen molar-refractivity contribution in [3.8, 4) is 5.75 Å². The summed E-state index contributed by atoms with van der Waals surface area (Å²) in [6.07, 6.45) is 1.02. The zero-order valence-corrected chi connectivity index (χ0v) is 12.8. The number of carbonyl (C=O) groups is 2. The number of carbonyl (C=O) groups excluding carboxylic acids is 2. The first-order valence-corrected chi connectivity index (χ1v) is 4.89. The van der Waals surface area contributed by atoms with E-state index in [2.05, 4.69) is 11.3 Å². The number of phenolic OH excluding ortho intramolecular Hbond substituents is 1. The number of hydrogen-bond donors (Lipinski definition) is 1. The van der Waals surface area contributed by atoms with Gasteiger partial charge in [0.1, 0.15) is 24.5 Å². The van der Waals surface area contributed by atoms with E-state index in [4.69, 9.17) is 4.74 Å². The summed E-state index contributed by atoms with van der Waals surface area (Å²) in [5.41, 5.74) is 0.0718. The van der Waals surface area contributed by atoms with Crippen LogP contribution in [0.3, 0.4) is 0 Å². The maximum Gasteiger partial charge on any atom is 0.342 e. The molecule has 5 nitrogen and oxygen atoms in total. The van der Waals surface area contributed by atoms with Crippen LogP contribution in [0.15, 0.2) is 36.9 Å². The van der Waals surface area contributed by atoms with Crippen molar-refractivity contribution in [1.82, 2.24) is 0 Å². The number of esters is 2. The van der Waals surface area contributed by atoms with Crippen LogP contribution in [0.25, 0.3) is 0 Å². The molecule has 0 saturated carbocycles. The number of para-hydroxylation sites is 1. The van der Waals surface area contributed by atoms with E-state index in [1.54, 1.807) is 12.1 Å². The Balaban J connectivity index is 0.00000289. The second kappa shape index (κ2) is 8.42. The fraction of sp³-hybridized carbons (Fsp3) is 0.167. The van der Waals surface area contributed by atoms with Crippen molar-refractivity contribution in [3.05, 3.63) is 42.5 Å². The van der Waals surface area contributed by atoms with Crippen molar-refractivity contribution >= 4 is 11.9 Å². The summed E-state index contributed by atoms with van der Waals surface area (Å²) in [6, 6.07) is 6.02. The topological polar surface area (TPSA) is 72.8 Å². The average Bonchev–Trinajstić information content (AvgIpc) is 2.34. The van der Waals surface area contributed by atoms with Crippen molar-refractivity contribution < 1.29 is 43.6 Å². The number of benzene rings is 1. The molecule has 18 heavy (non-hydrogen) atoms. The molecule has 0 spiro atoms. The zero-order valence-electron chi connectivity index (χ0n) is 9.80. The van der Waals surface area contributed by atoms with E-state index in [0.717, 1.165) is 6.08 Å². The Morgan fingerprint density at radius 3 is 2.44 bits per heavy atom. The molecule has 0 aromatic heterocycles. The normalized spacial score (nSPS) is 8.89. The van der Waals surface area contributed by atoms with Crippen molar-refractivity contribution in [2.24, 2.45) is 0 Å². The third-order valence-corrected chi connectivity index (χ3v) is 1.85. The molecule has 92 valence electrons. The van der Waals surface area contributed by atoms with Gasteiger partial charge in [-0.3, -0.25) is 0 Å². The van der Waals surface area contributed by atoms with E-state index < -0.39 is 11.9 Å². The van der Waals surface area contributed by atoms with E-state index in [1.807, 2.05) is 0 Å². The van der Waals surface area contributed by atoms with E-state index in [9.17, 15) is 14.7 Å². The molecule has 0 amide bonds. The summed E-state index contributed by atoms with van der Waals surface area (Å²) >= 11 is 0. The Bertz CT molecular complexity index is 430. The Morgan fingerprint density at radius 1 is 1.22 bits per heavy atom. The predicted molar refractivity (Wildman–Crippen MR) is 59.5 cm³/mol. The molecular weight excluding hydrogens is 290 g/mol. The van der Waals surface area contributed by atoms with Crippen molar-refractivity contribution in [1.29, 1.82) is 0 Å². The first-order chi connectivity index (χ1) is 8.15. The van der Waals surface area contributed by atoms with Gasteiger partial charge >= 0.3 is 11.9 Å². The van der Waals surface area contributed by atoms with Gasteiger partial charge in [-0.05, 0) is 12.1 Å². The summed E-state index contributed by atoms with van der Waals surface area (Å²) in [7, 11) is 0. The molecule has 1 aromatic rings. The maximum atomic E-state index is 11.4. The molecule has 0 aliphatic heterocycles. The number of aromatic hydroxyl groups is 1. The summed E-state index contributed by atoms with van der Waals surface area (Å²) < 4.78 is 9.40. The number of ether oxygens (including phenoxy) is 2. The Labute approximate surface area is 117 Å². The minimum Gasteiger partial charge on any atom is -0.507 e. The first-order valence-electron chi connectivity index (χ1n) is 4.89. The Hall–Kier alpha value is -1.68. The molecule has 0 heterocycles. The number of phenols is 1. The Morgan fingerprint density at radius 2 is 1.83 bits per heavy atom. The van der Waals surface area contributed by atoms with Crippen LogP contribution in [0, 0.1) is 0 Å². The van der Waals surface area contributed by atoms with Gasteiger partial charge in [-0.25, -0.2) is 9.59 Å². The van der Waals surface area contributed by atoms with Crippen LogP contribution in [0.4, 0.5) is 0 Å². The molecule has 6 heteroatoms. The second-order valence-electron chi connectivity index (χ2n) is 3.02. The van der Waals surface area contributed by atoms with Gasteiger partial charge in [-0.15, -0.1) is 0 Å². The third-order valence-electron chi connectivity index (χ3n) is 1.85. The second-order valence-corrected chi connectivity index (χ2v) is 3.02. The SMILES string of the molecule is C=CC(=O)OCCOC(=O)c1ccccc1O.[Zn]. The monoisotopic (exact) mass is 300 g/mol. The molecule has 0 atom stereocenters. The van der Waals surface area contributed by atoms with Gasteiger partial charge in [0, 0.05) is 25.6 Å². The number of rotatable bonds is 5. The van der Waals surface area contributed by atoms with Crippen LogP contribution in [0.5, 0.6) is 5.75 Å². The molecule has 1 aromatic carbocycles. The smallest absolute Gasteiger partial charge is 0.342 e. The molecule has 0 bridgehead atoms. The van der Waals surface area contributed by atoms with E-state index in [0.29, 0.717) is 0 Å². The van der Waals surface area contributed by atoms with Crippen molar-refractivity contribution in [2.45, 2.75) is 0 Å². The molecule has 1 rings (SSSR count). The number of hydrogen-bond acceptors (Lipinski definition) is 5. The fourth-order valence-corrected chi connectivity index (χ4v) is 1.06. The van der Waals surface area contributed by atoms with Crippen molar-refractivity contribution in [2.75, 3.05) is 13.2 Å². The molecule has 1 N–H and O–H groups in total.